The molecule has 2 aliphatic heterocycles. The first-order valence-electron chi connectivity index (χ1n) is 13.8. The van der Waals surface area contributed by atoms with Crippen molar-refractivity contribution in [2.24, 2.45) is 5.73 Å². The second kappa shape index (κ2) is 7.80. The highest BCUT2D eigenvalue weighted by atomic mass is 19.3. The Bertz CT molecular complexity index is 1770. The number of fused-ring (bicyclic) bond motifs is 10. The normalized spacial score (nSPS) is 25.1. The number of aromatic nitrogens is 3. The minimum atomic E-state index is -3.17. The van der Waals surface area contributed by atoms with Crippen molar-refractivity contribution in [2.45, 2.75) is 50.4 Å². The number of nitrogens with two attached hydrogens (primary N) is 1. The number of alkyl halides is 2. The fraction of sp³-hybridized carbons (Fsp3) is 0.321. The summed E-state index contributed by atoms with van der Waals surface area (Å²) in [6, 6.07) is 7.06. The van der Waals surface area contributed by atoms with Crippen LogP contribution >= 0.6 is 0 Å². The molecule has 10 heteroatoms. The van der Waals surface area contributed by atoms with E-state index in [1.807, 2.05) is 13.0 Å². The van der Waals surface area contributed by atoms with Crippen LogP contribution in [-0.4, -0.2) is 38.9 Å². The molecule has 4 aromatic rings. The number of carbonyl (C=O) groups excluding carboxylic acids is 1. The molecule has 0 spiro atoms. The van der Waals surface area contributed by atoms with Gasteiger partial charge in [-0.3, -0.25) is 9.78 Å². The Morgan fingerprint density at radius 1 is 1.24 bits per heavy atom. The third kappa shape index (κ3) is 3.16. The summed E-state index contributed by atoms with van der Waals surface area (Å²) in [4.78, 5) is 23.4. The second-order valence-electron chi connectivity index (χ2n) is 10.3. The highest BCUT2D eigenvalue weighted by molar-refractivity contribution is 5.98. The fourth-order valence-electron chi connectivity index (χ4n) is 6.23. The number of ether oxygens (including phenoxy) is 1. The Balaban J connectivity index is 1.46. The van der Waals surface area contributed by atoms with Crippen molar-refractivity contribution in [3.05, 3.63) is 76.6 Å². The lowest BCUT2D eigenvalue weighted by molar-refractivity contribution is -0.0507. The number of halogens is 3. The van der Waals surface area contributed by atoms with Gasteiger partial charge in [0, 0.05) is 52.0 Å². The zero-order valence-corrected chi connectivity index (χ0v) is 20.2. The van der Waals surface area contributed by atoms with Crippen molar-refractivity contribution in [2.75, 3.05) is 6.98 Å². The monoisotopic (exact) mass is 522 g/mol. The van der Waals surface area contributed by atoms with E-state index in [2.05, 4.69) is 9.97 Å². The van der Waals surface area contributed by atoms with Crippen LogP contribution in [0.5, 0.6) is 5.75 Å². The standard InChI is InChI=1S/C28H24F3N5O2/c1-28(32)7-6-13-8-14(12-33-24(13)28)16-9-19-18(10-17(16)29)34-25-21-11-20(36(19)25)23-15(26(37)35(21)2)4-3-5-22(23)38-27(30)31/h3-5,8-10,12,20-21,27H,6-7,11,32H2,1-2H3/t20-,21-,28?/m1/s1/i2D3. The number of aryl methyl sites for hydroxylation is 1. The summed E-state index contributed by atoms with van der Waals surface area (Å²) in [5, 5.41) is 0. The van der Waals surface area contributed by atoms with Gasteiger partial charge in [-0.15, -0.1) is 0 Å². The van der Waals surface area contributed by atoms with Gasteiger partial charge in [-0.05, 0) is 49.6 Å². The van der Waals surface area contributed by atoms with Crippen molar-refractivity contribution in [3.63, 3.8) is 0 Å². The highest BCUT2D eigenvalue weighted by Crippen LogP contribution is 2.50. The molecule has 4 heterocycles. The van der Waals surface area contributed by atoms with Crippen LogP contribution in [0, 0.1) is 5.82 Å². The van der Waals surface area contributed by atoms with Gasteiger partial charge in [0.1, 0.15) is 17.4 Å². The molecule has 7 nitrogen and oxygen atoms in total. The predicted octanol–water partition coefficient (Wildman–Crippen LogP) is 5.08. The Hall–Kier alpha value is -3.92. The summed E-state index contributed by atoms with van der Waals surface area (Å²) in [6.45, 7) is -4.12. The third-order valence-corrected chi connectivity index (χ3v) is 7.97. The molecule has 0 fully saturated rings. The SMILES string of the molecule is [2H]C([2H])([2H])N1C(=O)c2cccc(OC(F)F)c2[C@H]2C[C@@H]1c1nc3cc(F)c(-c4cnc5c(c4)CCC5(C)N)cc3n12. The lowest BCUT2D eigenvalue weighted by Gasteiger charge is -2.24. The largest absolute Gasteiger partial charge is 0.434 e. The lowest BCUT2D eigenvalue weighted by Crippen LogP contribution is -2.30. The van der Waals surface area contributed by atoms with Gasteiger partial charge in [-0.2, -0.15) is 8.78 Å². The molecule has 38 heavy (non-hydrogen) atoms. The topological polar surface area (TPSA) is 86.3 Å². The van der Waals surface area contributed by atoms with E-state index in [-0.39, 0.29) is 40.2 Å². The number of hydrogen-bond donors (Lipinski definition) is 1. The maximum atomic E-state index is 15.6. The number of imidazole rings is 1. The van der Waals surface area contributed by atoms with E-state index < -0.39 is 42.9 Å². The van der Waals surface area contributed by atoms with Crippen molar-refractivity contribution in [1.82, 2.24) is 19.4 Å². The number of hydrogen-bond acceptors (Lipinski definition) is 5. The minimum absolute atomic E-state index is 0.0470. The van der Waals surface area contributed by atoms with Gasteiger partial charge in [0.05, 0.1) is 34.3 Å². The van der Waals surface area contributed by atoms with Crippen LogP contribution in [0.1, 0.15) is 69.0 Å². The summed E-state index contributed by atoms with van der Waals surface area (Å²) in [6.07, 6.45) is 3.08. The van der Waals surface area contributed by atoms with E-state index in [0.717, 1.165) is 22.6 Å². The highest BCUT2D eigenvalue weighted by Gasteiger charge is 2.45. The van der Waals surface area contributed by atoms with Gasteiger partial charge < -0.3 is 19.9 Å². The van der Waals surface area contributed by atoms with Crippen molar-refractivity contribution in [3.8, 4) is 16.9 Å². The van der Waals surface area contributed by atoms with Gasteiger partial charge in [0.25, 0.3) is 5.91 Å². The number of carbonyl (C=O) groups is 1. The Morgan fingerprint density at radius 2 is 2.08 bits per heavy atom. The van der Waals surface area contributed by atoms with Gasteiger partial charge in [-0.25, -0.2) is 9.37 Å². The zero-order valence-electron chi connectivity index (χ0n) is 23.2. The maximum Gasteiger partial charge on any atom is 0.387 e. The summed E-state index contributed by atoms with van der Waals surface area (Å²) in [5.41, 5.74) is 9.09. The smallest absolute Gasteiger partial charge is 0.387 e. The molecule has 7 rings (SSSR count). The van der Waals surface area contributed by atoms with Crippen molar-refractivity contribution >= 4 is 16.9 Å². The Kier molecular flexibility index (Phi) is 4.12. The van der Waals surface area contributed by atoms with Gasteiger partial charge in [-0.1, -0.05) is 6.07 Å². The summed E-state index contributed by atoms with van der Waals surface area (Å²) >= 11 is 0. The first kappa shape index (κ1) is 20.1. The van der Waals surface area contributed by atoms with Crippen LogP contribution in [0.15, 0.2) is 42.6 Å². The predicted molar refractivity (Wildman–Crippen MR) is 133 cm³/mol. The third-order valence-electron chi connectivity index (χ3n) is 7.97. The Labute approximate surface area is 220 Å². The number of nitrogens with zero attached hydrogens (tertiary/aromatic N) is 4. The average Bonchev–Trinajstić information content (AvgIpc) is 3.49. The molecule has 0 saturated heterocycles. The van der Waals surface area contributed by atoms with Crippen LogP contribution in [0.3, 0.4) is 0 Å². The quantitative estimate of drug-likeness (QED) is 0.406. The van der Waals surface area contributed by atoms with E-state index in [0.29, 0.717) is 17.5 Å². The molecule has 2 N–H and O–H groups in total. The van der Waals surface area contributed by atoms with Crippen LogP contribution < -0.4 is 10.5 Å². The van der Waals surface area contributed by atoms with Gasteiger partial charge in [0.2, 0.25) is 0 Å². The molecule has 2 bridgehead atoms. The van der Waals surface area contributed by atoms with E-state index in [1.165, 1.54) is 24.3 Å². The van der Waals surface area contributed by atoms with Crippen LogP contribution in [-0.2, 0) is 12.0 Å². The Morgan fingerprint density at radius 3 is 2.87 bits per heavy atom. The maximum absolute atomic E-state index is 15.6. The first-order chi connectivity index (χ1) is 19.3. The van der Waals surface area contributed by atoms with E-state index in [1.54, 1.807) is 16.8 Å². The number of rotatable bonds is 3. The van der Waals surface area contributed by atoms with Crippen LogP contribution in [0.25, 0.3) is 22.2 Å². The molecule has 1 aliphatic carbocycles. The molecule has 0 radical (unpaired) electrons. The summed E-state index contributed by atoms with van der Waals surface area (Å²) in [7, 11) is 0. The number of amides is 1. The molecule has 194 valence electrons. The molecule has 1 unspecified atom stereocenters. The molecular formula is C28H24F3N5O2. The number of benzene rings is 2. The molecule has 3 aliphatic rings. The van der Waals surface area contributed by atoms with E-state index in [9.17, 15) is 13.6 Å². The fourth-order valence-corrected chi connectivity index (χ4v) is 6.23. The van der Waals surface area contributed by atoms with E-state index in [4.69, 9.17) is 14.6 Å². The summed E-state index contributed by atoms with van der Waals surface area (Å²) < 4.78 is 73.3. The minimum Gasteiger partial charge on any atom is -0.434 e. The van der Waals surface area contributed by atoms with Gasteiger partial charge in [0.15, 0.2) is 0 Å². The van der Waals surface area contributed by atoms with E-state index >= 15 is 4.39 Å². The van der Waals surface area contributed by atoms with Gasteiger partial charge >= 0.3 is 6.61 Å². The summed E-state index contributed by atoms with van der Waals surface area (Å²) in [5.74, 6) is -1.40. The zero-order chi connectivity index (χ0) is 29.0. The first-order valence-corrected chi connectivity index (χ1v) is 12.3. The lowest BCUT2D eigenvalue weighted by atomic mass is 9.97. The second-order valence-corrected chi connectivity index (χ2v) is 10.3. The molecule has 2 aromatic heterocycles. The van der Waals surface area contributed by atoms with Crippen LogP contribution in [0.4, 0.5) is 13.2 Å². The molecule has 0 saturated carbocycles. The molecule has 2 aromatic carbocycles. The van der Waals surface area contributed by atoms with Crippen molar-refractivity contribution < 1.29 is 26.8 Å². The van der Waals surface area contributed by atoms with Crippen LogP contribution in [0.2, 0.25) is 0 Å². The average molecular weight is 523 g/mol. The molecule has 3 atom stereocenters. The molecule has 1 amide bonds. The molecular weight excluding hydrogens is 495 g/mol. The number of pyridine rings is 1. The van der Waals surface area contributed by atoms with Crippen molar-refractivity contribution in [1.29, 1.82) is 0 Å².